The minimum absolute atomic E-state index is 0.623. The monoisotopic (exact) mass is 241 g/mol. The lowest BCUT2D eigenvalue weighted by Gasteiger charge is -2.12. The summed E-state index contributed by atoms with van der Waals surface area (Å²) in [4.78, 5) is 11.2. The Morgan fingerprint density at radius 2 is 2.00 bits per heavy atom. The lowest BCUT2D eigenvalue weighted by Crippen LogP contribution is -2.38. The van der Waals surface area contributed by atoms with Crippen LogP contribution in [0, 0.1) is 0 Å². The molecule has 5 heteroatoms. The molecule has 0 aromatic heterocycles. The fourth-order valence-corrected chi connectivity index (χ4v) is 1.07. The summed E-state index contributed by atoms with van der Waals surface area (Å²) in [5.74, 6) is -3.90. The molecule has 1 amide bonds. The van der Waals surface area contributed by atoms with Crippen molar-refractivity contribution in [2.24, 2.45) is 0 Å². The van der Waals surface area contributed by atoms with Gasteiger partial charge in [0, 0.05) is 6.08 Å². The van der Waals surface area contributed by atoms with Gasteiger partial charge in [-0.1, -0.05) is 30.3 Å². The summed E-state index contributed by atoms with van der Waals surface area (Å²) < 4.78 is 25.2. The SMILES string of the molecule is O=C(/C=C/c1ccccc1)NCC(F)(F)CO. The van der Waals surface area contributed by atoms with E-state index in [-0.39, 0.29) is 0 Å². The highest BCUT2D eigenvalue weighted by molar-refractivity contribution is 5.91. The molecule has 17 heavy (non-hydrogen) atoms. The third-order valence-electron chi connectivity index (χ3n) is 1.98. The minimum atomic E-state index is -3.28. The molecule has 0 saturated heterocycles. The van der Waals surface area contributed by atoms with Crippen molar-refractivity contribution in [2.45, 2.75) is 5.92 Å². The van der Waals surface area contributed by atoms with E-state index in [1.807, 2.05) is 11.4 Å². The molecule has 1 rings (SSSR count). The summed E-state index contributed by atoms with van der Waals surface area (Å²) in [6.45, 7) is -2.16. The fourth-order valence-electron chi connectivity index (χ4n) is 1.07. The van der Waals surface area contributed by atoms with E-state index in [4.69, 9.17) is 5.11 Å². The molecule has 3 nitrogen and oxygen atoms in total. The van der Waals surface area contributed by atoms with Gasteiger partial charge in [0.1, 0.15) is 6.61 Å². The van der Waals surface area contributed by atoms with Gasteiger partial charge in [0.05, 0.1) is 6.54 Å². The molecular weight excluding hydrogens is 228 g/mol. The van der Waals surface area contributed by atoms with Crippen LogP contribution < -0.4 is 5.32 Å². The van der Waals surface area contributed by atoms with Gasteiger partial charge in [0.25, 0.3) is 5.92 Å². The molecule has 92 valence electrons. The van der Waals surface area contributed by atoms with Crippen LogP contribution in [0.2, 0.25) is 0 Å². The quantitative estimate of drug-likeness (QED) is 0.766. The highest BCUT2D eigenvalue weighted by Crippen LogP contribution is 2.09. The first kappa shape index (κ1) is 13.3. The van der Waals surface area contributed by atoms with Gasteiger partial charge >= 0.3 is 0 Å². The number of aliphatic hydroxyl groups is 1. The average molecular weight is 241 g/mol. The first-order valence-electron chi connectivity index (χ1n) is 5.03. The number of hydrogen-bond acceptors (Lipinski definition) is 2. The second kappa shape index (κ2) is 6.10. The summed E-state index contributed by atoms with van der Waals surface area (Å²) in [7, 11) is 0. The van der Waals surface area contributed by atoms with E-state index in [1.165, 1.54) is 12.2 Å². The standard InChI is InChI=1S/C12H13F2NO2/c13-12(14,9-16)8-15-11(17)7-6-10-4-2-1-3-5-10/h1-7,16H,8-9H2,(H,15,17)/b7-6+. The van der Waals surface area contributed by atoms with E-state index in [0.717, 1.165) is 5.56 Å². The van der Waals surface area contributed by atoms with Crippen LogP contribution in [0.1, 0.15) is 5.56 Å². The van der Waals surface area contributed by atoms with Crippen LogP contribution in [0.3, 0.4) is 0 Å². The predicted octanol–water partition coefficient (Wildman–Crippen LogP) is 1.44. The van der Waals surface area contributed by atoms with Crippen LogP contribution in [0.4, 0.5) is 8.78 Å². The number of alkyl halides is 2. The molecule has 0 bridgehead atoms. The number of rotatable bonds is 5. The number of aliphatic hydroxyl groups excluding tert-OH is 1. The van der Waals surface area contributed by atoms with Gasteiger partial charge in [-0.3, -0.25) is 4.79 Å². The van der Waals surface area contributed by atoms with Crippen molar-refractivity contribution in [3.05, 3.63) is 42.0 Å². The lowest BCUT2D eigenvalue weighted by atomic mass is 10.2. The van der Waals surface area contributed by atoms with Crippen LogP contribution in [0.5, 0.6) is 0 Å². The predicted molar refractivity (Wildman–Crippen MR) is 60.5 cm³/mol. The highest BCUT2D eigenvalue weighted by atomic mass is 19.3. The molecule has 2 N–H and O–H groups in total. The Kier molecular flexibility index (Phi) is 4.78. The van der Waals surface area contributed by atoms with Crippen molar-refractivity contribution in [3.63, 3.8) is 0 Å². The van der Waals surface area contributed by atoms with Gasteiger partial charge in [0.15, 0.2) is 0 Å². The molecular formula is C12H13F2NO2. The van der Waals surface area contributed by atoms with E-state index in [0.29, 0.717) is 0 Å². The highest BCUT2D eigenvalue weighted by Gasteiger charge is 2.27. The molecule has 0 unspecified atom stereocenters. The van der Waals surface area contributed by atoms with Crippen molar-refractivity contribution in [3.8, 4) is 0 Å². The first-order chi connectivity index (χ1) is 8.03. The number of halogens is 2. The zero-order chi connectivity index (χ0) is 12.7. The number of carbonyl (C=O) groups is 1. The van der Waals surface area contributed by atoms with Gasteiger partial charge in [0.2, 0.25) is 5.91 Å². The molecule has 0 heterocycles. The van der Waals surface area contributed by atoms with E-state index < -0.39 is 25.0 Å². The van der Waals surface area contributed by atoms with Gasteiger partial charge in [-0.15, -0.1) is 0 Å². The molecule has 0 saturated carbocycles. The van der Waals surface area contributed by atoms with E-state index in [2.05, 4.69) is 0 Å². The van der Waals surface area contributed by atoms with Gasteiger partial charge in [-0.25, -0.2) is 8.78 Å². The van der Waals surface area contributed by atoms with Crippen molar-refractivity contribution in [2.75, 3.05) is 13.2 Å². The summed E-state index contributed by atoms with van der Waals surface area (Å²) in [6, 6.07) is 9.01. The van der Waals surface area contributed by atoms with Crippen molar-refractivity contribution in [1.29, 1.82) is 0 Å². The fraction of sp³-hybridized carbons (Fsp3) is 0.250. The van der Waals surface area contributed by atoms with Gasteiger partial charge in [-0.2, -0.15) is 0 Å². The van der Waals surface area contributed by atoms with Crippen molar-refractivity contribution < 1.29 is 18.7 Å². The normalized spacial score (nSPS) is 11.7. The van der Waals surface area contributed by atoms with E-state index in [9.17, 15) is 13.6 Å². The van der Waals surface area contributed by atoms with E-state index in [1.54, 1.807) is 24.3 Å². The number of benzene rings is 1. The Morgan fingerprint density at radius 3 is 2.59 bits per heavy atom. The zero-order valence-corrected chi connectivity index (χ0v) is 9.07. The topological polar surface area (TPSA) is 49.3 Å². The molecule has 0 fully saturated rings. The minimum Gasteiger partial charge on any atom is -0.390 e. The summed E-state index contributed by atoms with van der Waals surface area (Å²) in [6.07, 6.45) is 2.69. The summed E-state index contributed by atoms with van der Waals surface area (Å²) in [5, 5.41) is 10.3. The maximum absolute atomic E-state index is 12.6. The largest absolute Gasteiger partial charge is 0.390 e. The third kappa shape index (κ3) is 5.21. The van der Waals surface area contributed by atoms with Crippen LogP contribution in [0.25, 0.3) is 6.08 Å². The Bertz CT molecular complexity index is 391. The zero-order valence-electron chi connectivity index (χ0n) is 9.07. The smallest absolute Gasteiger partial charge is 0.287 e. The second-order valence-corrected chi connectivity index (χ2v) is 3.48. The van der Waals surface area contributed by atoms with Crippen molar-refractivity contribution in [1.82, 2.24) is 5.32 Å². The molecule has 0 radical (unpaired) electrons. The molecule has 0 aliphatic rings. The van der Waals surface area contributed by atoms with Gasteiger partial charge < -0.3 is 10.4 Å². The van der Waals surface area contributed by atoms with Crippen LogP contribution in [-0.2, 0) is 4.79 Å². The van der Waals surface area contributed by atoms with Crippen LogP contribution in [0.15, 0.2) is 36.4 Å². The summed E-state index contributed by atoms with van der Waals surface area (Å²) in [5.41, 5.74) is 0.802. The Labute approximate surface area is 97.8 Å². The lowest BCUT2D eigenvalue weighted by molar-refractivity contribution is -0.119. The summed E-state index contributed by atoms with van der Waals surface area (Å²) >= 11 is 0. The maximum atomic E-state index is 12.6. The van der Waals surface area contributed by atoms with Crippen LogP contribution in [-0.4, -0.2) is 30.1 Å². The number of carbonyl (C=O) groups excluding carboxylic acids is 1. The Balaban J connectivity index is 2.43. The second-order valence-electron chi connectivity index (χ2n) is 3.48. The molecule has 1 aromatic carbocycles. The van der Waals surface area contributed by atoms with Crippen LogP contribution >= 0.6 is 0 Å². The molecule has 1 aromatic rings. The first-order valence-corrected chi connectivity index (χ1v) is 5.03. The Hall–Kier alpha value is -1.75. The Morgan fingerprint density at radius 1 is 1.35 bits per heavy atom. The third-order valence-corrected chi connectivity index (χ3v) is 1.98. The number of hydrogen-bond donors (Lipinski definition) is 2. The molecule has 0 aliphatic carbocycles. The molecule has 0 aliphatic heterocycles. The van der Waals surface area contributed by atoms with Crippen molar-refractivity contribution >= 4 is 12.0 Å². The van der Waals surface area contributed by atoms with E-state index >= 15 is 0 Å². The van der Waals surface area contributed by atoms with Gasteiger partial charge in [-0.05, 0) is 11.6 Å². The number of amides is 1. The average Bonchev–Trinajstić information content (AvgIpc) is 2.35. The molecule has 0 spiro atoms. The molecule has 0 atom stereocenters. The maximum Gasteiger partial charge on any atom is 0.287 e. The number of nitrogens with one attached hydrogen (secondary N) is 1.